The number of hydrogen-bond donors (Lipinski definition) is 0. The molecule has 0 saturated heterocycles. The van der Waals surface area contributed by atoms with Gasteiger partial charge < -0.3 is 9.47 Å². The van der Waals surface area contributed by atoms with Crippen molar-refractivity contribution in [1.29, 1.82) is 5.26 Å². The van der Waals surface area contributed by atoms with E-state index in [2.05, 4.69) is 27.8 Å². The summed E-state index contributed by atoms with van der Waals surface area (Å²) in [6.45, 7) is 5.24. The van der Waals surface area contributed by atoms with Gasteiger partial charge in [0.25, 0.3) is 0 Å². The van der Waals surface area contributed by atoms with Gasteiger partial charge in [0.1, 0.15) is 5.82 Å². The molecule has 114 valence electrons. The third kappa shape index (κ3) is 3.76. The van der Waals surface area contributed by atoms with Crippen molar-refractivity contribution in [1.82, 2.24) is 19.7 Å². The highest BCUT2D eigenvalue weighted by molar-refractivity contribution is 8.00. The quantitative estimate of drug-likeness (QED) is 0.720. The summed E-state index contributed by atoms with van der Waals surface area (Å²) < 4.78 is 2.11. The van der Waals surface area contributed by atoms with Crippen LogP contribution >= 0.6 is 11.8 Å². The van der Waals surface area contributed by atoms with Crippen molar-refractivity contribution in [2.24, 2.45) is 0 Å². The summed E-state index contributed by atoms with van der Waals surface area (Å²) in [5, 5.41) is 17.7. The Balaban J connectivity index is 2.00. The van der Waals surface area contributed by atoms with Gasteiger partial charge in [-0.2, -0.15) is 5.26 Å². The molecule has 1 aromatic rings. The molecule has 1 heterocycles. The van der Waals surface area contributed by atoms with Gasteiger partial charge in [0.2, 0.25) is 5.91 Å². The number of carbonyl (C=O) groups excluding carboxylic acids is 1. The summed E-state index contributed by atoms with van der Waals surface area (Å²) in [6, 6.07) is 2.06. The van der Waals surface area contributed by atoms with Crippen LogP contribution in [0, 0.1) is 11.3 Å². The molecule has 0 spiro atoms. The monoisotopic (exact) mass is 307 g/mol. The van der Waals surface area contributed by atoms with Crippen LogP contribution in [-0.2, 0) is 11.3 Å². The van der Waals surface area contributed by atoms with Crippen LogP contribution in [0.1, 0.15) is 44.9 Å². The number of rotatable bonds is 7. The first-order valence-electron chi connectivity index (χ1n) is 7.30. The summed E-state index contributed by atoms with van der Waals surface area (Å²) in [5.74, 6) is 1.63. The molecule has 0 unspecified atom stereocenters. The van der Waals surface area contributed by atoms with Crippen LogP contribution in [0.15, 0.2) is 5.16 Å². The fourth-order valence-electron chi connectivity index (χ4n) is 2.17. The zero-order valence-corrected chi connectivity index (χ0v) is 13.6. The number of amides is 1. The van der Waals surface area contributed by atoms with Crippen molar-refractivity contribution in [3.8, 4) is 6.07 Å². The van der Waals surface area contributed by atoms with Gasteiger partial charge in [0, 0.05) is 26.1 Å². The van der Waals surface area contributed by atoms with Gasteiger partial charge in [0.05, 0.1) is 17.7 Å². The molecule has 6 nitrogen and oxygen atoms in total. The highest BCUT2D eigenvalue weighted by atomic mass is 32.2. The molecule has 7 heteroatoms. The lowest BCUT2D eigenvalue weighted by atomic mass is 10.3. The SMILES string of the molecule is CCn1c(S[C@H](C)C(=O)N(C)CCC#N)nnc1C1CC1. The maximum atomic E-state index is 12.2. The highest BCUT2D eigenvalue weighted by Crippen LogP contribution is 2.40. The molecule has 1 amide bonds. The molecular weight excluding hydrogens is 286 g/mol. The van der Waals surface area contributed by atoms with Crippen molar-refractivity contribution in [3.05, 3.63) is 5.82 Å². The second-order valence-corrected chi connectivity index (χ2v) is 6.60. The van der Waals surface area contributed by atoms with Crippen molar-refractivity contribution in [3.63, 3.8) is 0 Å². The average Bonchev–Trinajstić information content (AvgIpc) is 3.25. The molecule has 2 rings (SSSR count). The van der Waals surface area contributed by atoms with E-state index in [1.807, 2.05) is 6.92 Å². The molecule has 0 N–H and O–H groups in total. The third-order valence-corrected chi connectivity index (χ3v) is 4.64. The highest BCUT2D eigenvalue weighted by Gasteiger charge is 2.31. The molecule has 1 saturated carbocycles. The predicted molar refractivity (Wildman–Crippen MR) is 80.9 cm³/mol. The zero-order valence-electron chi connectivity index (χ0n) is 12.7. The lowest BCUT2D eigenvalue weighted by molar-refractivity contribution is -0.128. The van der Waals surface area contributed by atoms with Gasteiger partial charge in [-0.05, 0) is 26.7 Å². The molecule has 0 aromatic carbocycles. The largest absolute Gasteiger partial charge is 0.344 e. The van der Waals surface area contributed by atoms with E-state index in [0.717, 1.165) is 17.5 Å². The molecule has 21 heavy (non-hydrogen) atoms. The standard InChI is InChI=1S/C14H21N5OS/c1-4-19-12(11-6-7-11)16-17-14(19)21-10(2)13(20)18(3)9-5-8-15/h10-11H,4-7,9H2,1-3H3/t10-/m1/s1. The molecule has 0 bridgehead atoms. The molecule has 1 atom stereocenters. The first-order chi connectivity index (χ1) is 10.1. The van der Waals surface area contributed by atoms with Crippen LogP contribution in [0.5, 0.6) is 0 Å². The Kier molecular flexibility index (Phi) is 5.23. The Labute approximate surface area is 129 Å². The molecule has 0 aliphatic heterocycles. The fourth-order valence-corrected chi connectivity index (χ4v) is 3.21. The van der Waals surface area contributed by atoms with E-state index in [9.17, 15) is 4.79 Å². The van der Waals surface area contributed by atoms with Gasteiger partial charge >= 0.3 is 0 Å². The lowest BCUT2D eigenvalue weighted by Crippen LogP contribution is -2.34. The van der Waals surface area contributed by atoms with Gasteiger partial charge in [-0.15, -0.1) is 10.2 Å². The Morgan fingerprint density at radius 3 is 2.86 bits per heavy atom. The van der Waals surface area contributed by atoms with E-state index >= 15 is 0 Å². The Bertz CT molecular complexity index is 546. The van der Waals surface area contributed by atoms with Crippen LogP contribution in [-0.4, -0.2) is 44.4 Å². The van der Waals surface area contributed by atoms with E-state index in [1.165, 1.54) is 24.6 Å². The van der Waals surface area contributed by atoms with E-state index in [0.29, 0.717) is 18.9 Å². The van der Waals surface area contributed by atoms with Gasteiger partial charge in [-0.3, -0.25) is 4.79 Å². The number of thioether (sulfide) groups is 1. The number of carbonyl (C=O) groups is 1. The van der Waals surface area contributed by atoms with E-state index < -0.39 is 0 Å². The second kappa shape index (κ2) is 6.94. The third-order valence-electron chi connectivity index (χ3n) is 3.57. The van der Waals surface area contributed by atoms with Crippen LogP contribution in [0.4, 0.5) is 0 Å². The number of nitrogens with zero attached hydrogens (tertiary/aromatic N) is 5. The normalized spacial score (nSPS) is 15.5. The van der Waals surface area contributed by atoms with Gasteiger partial charge in [0.15, 0.2) is 5.16 Å². The Morgan fingerprint density at radius 2 is 2.29 bits per heavy atom. The molecular formula is C14H21N5OS. The predicted octanol–water partition coefficient (Wildman–Crippen LogP) is 2.03. The number of nitriles is 1. The van der Waals surface area contributed by atoms with E-state index in [-0.39, 0.29) is 11.2 Å². The minimum Gasteiger partial charge on any atom is -0.344 e. The van der Waals surface area contributed by atoms with Gasteiger partial charge in [-0.1, -0.05) is 11.8 Å². The number of hydrogen-bond acceptors (Lipinski definition) is 5. The fraction of sp³-hybridized carbons (Fsp3) is 0.714. The topological polar surface area (TPSA) is 74.8 Å². The molecule has 0 radical (unpaired) electrons. The van der Waals surface area contributed by atoms with Crippen molar-refractivity contribution in [2.75, 3.05) is 13.6 Å². The van der Waals surface area contributed by atoms with Crippen LogP contribution < -0.4 is 0 Å². The van der Waals surface area contributed by atoms with E-state index in [4.69, 9.17) is 5.26 Å². The zero-order chi connectivity index (χ0) is 15.4. The summed E-state index contributed by atoms with van der Waals surface area (Å²) in [5.41, 5.74) is 0. The average molecular weight is 307 g/mol. The smallest absolute Gasteiger partial charge is 0.235 e. The van der Waals surface area contributed by atoms with E-state index in [1.54, 1.807) is 11.9 Å². The maximum absolute atomic E-state index is 12.2. The van der Waals surface area contributed by atoms with Crippen molar-refractivity contribution in [2.45, 2.75) is 56.0 Å². The number of aromatic nitrogens is 3. The summed E-state index contributed by atoms with van der Waals surface area (Å²) in [6.07, 6.45) is 2.74. The molecule has 1 aliphatic rings. The Hall–Kier alpha value is -1.55. The molecule has 1 fully saturated rings. The first-order valence-corrected chi connectivity index (χ1v) is 8.18. The van der Waals surface area contributed by atoms with Gasteiger partial charge in [-0.25, -0.2) is 0 Å². The van der Waals surface area contributed by atoms with Crippen molar-refractivity contribution < 1.29 is 4.79 Å². The summed E-state index contributed by atoms with van der Waals surface area (Å²) >= 11 is 1.45. The van der Waals surface area contributed by atoms with Crippen LogP contribution in [0.25, 0.3) is 0 Å². The minimum absolute atomic E-state index is 0.0221. The first kappa shape index (κ1) is 15.8. The van der Waals surface area contributed by atoms with Crippen LogP contribution in [0.3, 0.4) is 0 Å². The Morgan fingerprint density at radius 1 is 1.57 bits per heavy atom. The van der Waals surface area contributed by atoms with Crippen LogP contribution in [0.2, 0.25) is 0 Å². The lowest BCUT2D eigenvalue weighted by Gasteiger charge is -2.19. The second-order valence-electron chi connectivity index (χ2n) is 5.29. The molecule has 1 aliphatic carbocycles. The minimum atomic E-state index is -0.227. The molecule has 1 aromatic heterocycles. The maximum Gasteiger partial charge on any atom is 0.235 e. The summed E-state index contributed by atoms with van der Waals surface area (Å²) in [7, 11) is 1.73. The summed E-state index contributed by atoms with van der Waals surface area (Å²) in [4.78, 5) is 13.9. The van der Waals surface area contributed by atoms with Crippen molar-refractivity contribution >= 4 is 17.7 Å².